The number of fused-ring (bicyclic) bond motifs is 1. The highest BCUT2D eigenvalue weighted by atomic mass is 35.5. The molecule has 0 aliphatic carbocycles. The highest BCUT2D eigenvalue weighted by molar-refractivity contribution is 6.31. The van der Waals surface area contributed by atoms with Crippen molar-refractivity contribution in [3.63, 3.8) is 0 Å². The zero-order chi connectivity index (χ0) is 12.6. The molecular weight excluding hydrogens is 240 g/mol. The topological polar surface area (TPSA) is 66.0 Å². The van der Waals surface area contributed by atoms with Gasteiger partial charge in [-0.05, 0) is 19.9 Å². The largest absolute Gasteiger partial charge is 0.382 e. The van der Waals surface area contributed by atoms with Crippen molar-refractivity contribution >= 4 is 28.7 Å². The predicted octanol–water partition coefficient (Wildman–Crippen LogP) is 2.05. The summed E-state index contributed by atoms with van der Waals surface area (Å²) < 4.78 is 7.06. The molecule has 0 saturated heterocycles. The van der Waals surface area contributed by atoms with Gasteiger partial charge in [-0.25, -0.2) is 9.97 Å². The number of halogens is 1. The molecule has 0 bridgehead atoms. The normalized spacial score (nSPS) is 12.2. The van der Waals surface area contributed by atoms with E-state index in [4.69, 9.17) is 22.1 Å². The molecule has 0 aromatic carbocycles. The molecular formula is C11H15ClN4O. The summed E-state index contributed by atoms with van der Waals surface area (Å²) in [5, 5.41) is 0.548. The molecule has 0 atom stereocenters. The zero-order valence-electron chi connectivity index (χ0n) is 10.1. The van der Waals surface area contributed by atoms with Gasteiger partial charge in [-0.15, -0.1) is 0 Å². The summed E-state index contributed by atoms with van der Waals surface area (Å²) in [4.78, 5) is 8.54. The lowest BCUT2D eigenvalue weighted by Crippen LogP contribution is -2.32. The number of nitrogen functional groups attached to an aromatic ring is 1. The molecule has 0 unspecified atom stereocenters. The Kier molecular flexibility index (Phi) is 2.97. The van der Waals surface area contributed by atoms with Gasteiger partial charge in [0, 0.05) is 13.3 Å². The SMILES string of the molecule is COCC(C)(C)n1c(N)nc2cc(Cl)cnc21. The Morgan fingerprint density at radius 2 is 2.24 bits per heavy atom. The first kappa shape index (κ1) is 12.1. The molecule has 0 amide bonds. The zero-order valence-corrected chi connectivity index (χ0v) is 10.8. The summed E-state index contributed by atoms with van der Waals surface area (Å²) in [5.41, 5.74) is 7.03. The molecule has 2 aromatic rings. The van der Waals surface area contributed by atoms with Gasteiger partial charge in [0.1, 0.15) is 5.52 Å². The molecule has 0 aliphatic rings. The number of imidazole rings is 1. The molecule has 0 aliphatic heterocycles. The third-order valence-electron chi connectivity index (χ3n) is 2.59. The smallest absolute Gasteiger partial charge is 0.203 e. The number of hydrogen-bond acceptors (Lipinski definition) is 4. The summed E-state index contributed by atoms with van der Waals surface area (Å²) in [5.74, 6) is 0.414. The molecule has 2 aromatic heterocycles. The van der Waals surface area contributed by atoms with Gasteiger partial charge >= 0.3 is 0 Å². The lowest BCUT2D eigenvalue weighted by molar-refractivity contribution is 0.113. The highest BCUT2D eigenvalue weighted by Gasteiger charge is 2.26. The minimum Gasteiger partial charge on any atom is -0.382 e. The second kappa shape index (κ2) is 4.16. The molecule has 2 rings (SSSR count). The number of nitrogens with zero attached hydrogens (tertiary/aromatic N) is 3. The minimum absolute atomic E-state index is 0.311. The molecule has 2 heterocycles. The Morgan fingerprint density at radius 1 is 1.53 bits per heavy atom. The van der Waals surface area contributed by atoms with E-state index in [0.29, 0.717) is 28.7 Å². The van der Waals surface area contributed by atoms with E-state index in [1.807, 2.05) is 18.4 Å². The maximum absolute atomic E-state index is 5.93. The molecule has 92 valence electrons. The van der Waals surface area contributed by atoms with E-state index in [2.05, 4.69) is 9.97 Å². The average Bonchev–Trinajstić information content (AvgIpc) is 2.53. The van der Waals surface area contributed by atoms with Crippen LogP contribution in [0.5, 0.6) is 0 Å². The lowest BCUT2D eigenvalue weighted by Gasteiger charge is -2.26. The van der Waals surface area contributed by atoms with E-state index in [9.17, 15) is 0 Å². The molecule has 0 saturated carbocycles. The Balaban J connectivity index is 2.64. The third kappa shape index (κ3) is 2.08. The predicted molar refractivity (Wildman–Crippen MR) is 68.1 cm³/mol. The van der Waals surface area contributed by atoms with Crippen LogP contribution < -0.4 is 5.73 Å². The van der Waals surface area contributed by atoms with E-state index in [1.165, 1.54) is 0 Å². The monoisotopic (exact) mass is 254 g/mol. The van der Waals surface area contributed by atoms with Crippen molar-refractivity contribution in [1.82, 2.24) is 14.5 Å². The van der Waals surface area contributed by atoms with Crippen molar-refractivity contribution in [2.45, 2.75) is 19.4 Å². The standard InChI is InChI=1S/C11H15ClN4O/c1-11(2,6-17-3)16-9-8(15-10(16)13)4-7(12)5-14-9/h4-5H,6H2,1-3H3,(H2,13,15). The van der Waals surface area contributed by atoms with Crippen molar-refractivity contribution in [2.75, 3.05) is 19.5 Å². The molecule has 17 heavy (non-hydrogen) atoms. The summed E-state index contributed by atoms with van der Waals surface area (Å²) in [6, 6.07) is 1.75. The van der Waals surface area contributed by atoms with E-state index in [0.717, 1.165) is 0 Å². The van der Waals surface area contributed by atoms with Crippen LogP contribution in [-0.4, -0.2) is 28.3 Å². The second-order valence-corrected chi connectivity index (χ2v) is 4.98. The third-order valence-corrected chi connectivity index (χ3v) is 2.80. The van der Waals surface area contributed by atoms with Crippen LogP contribution in [0.1, 0.15) is 13.8 Å². The number of pyridine rings is 1. The van der Waals surface area contributed by atoms with Gasteiger partial charge in [-0.1, -0.05) is 11.6 Å². The highest BCUT2D eigenvalue weighted by Crippen LogP contribution is 2.27. The molecule has 0 fully saturated rings. The van der Waals surface area contributed by atoms with Crippen LogP contribution >= 0.6 is 11.6 Å². The van der Waals surface area contributed by atoms with Crippen molar-refractivity contribution in [2.24, 2.45) is 0 Å². The van der Waals surface area contributed by atoms with E-state index in [-0.39, 0.29) is 5.54 Å². The Bertz CT molecular complexity index is 550. The van der Waals surface area contributed by atoms with Crippen LogP contribution in [0.3, 0.4) is 0 Å². The van der Waals surface area contributed by atoms with E-state index in [1.54, 1.807) is 19.4 Å². The minimum atomic E-state index is -0.311. The fraction of sp³-hybridized carbons (Fsp3) is 0.455. The van der Waals surface area contributed by atoms with E-state index >= 15 is 0 Å². The second-order valence-electron chi connectivity index (χ2n) is 4.55. The number of nitrogens with two attached hydrogens (primary N) is 1. The summed E-state index contributed by atoms with van der Waals surface area (Å²) in [7, 11) is 1.65. The van der Waals surface area contributed by atoms with Crippen LogP contribution in [0.2, 0.25) is 5.02 Å². The van der Waals surface area contributed by atoms with Crippen LogP contribution in [0.4, 0.5) is 5.95 Å². The van der Waals surface area contributed by atoms with Gasteiger partial charge in [-0.2, -0.15) is 0 Å². The first-order valence-electron chi connectivity index (χ1n) is 5.24. The first-order chi connectivity index (χ1) is 7.95. The summed E-state index contributed by atoms with van der Waals surface area (Å²) >= 11 is 5.88. The maximum Gasteiger partial charge on any atom is 0.203 e. The lowest BCUT2D eigenvalue weighted by atomic mass is 10.1. The van der Waals surface area contributed by atoms with Gasteiger partial charge in [0.05, 0.1) is 17.2 Å². The van der Waals surface area contributed by atoms with Crippen LogP contribution in [-0.2, 0) is 10.3 Å². The fourth-order valence-corrected chi connectivity index (χ4v) is 2.12. The van der Waals surface area contributed by atoms with Crippen molar-refractivity contribution in [3.8, 4) is 0 Å². The Labute approximate surface area is 105 Å². The Morgan fingerprint density at radius 3 is 2.88 bits per heavy atom. The van der Waals surface area contributed by atoms with Crippen molar-refractivity contribution in [3.05, 3.63) is 17.3 Å². The molecule has 5 nitrogen and oxygen atoms in total. The number of ether oxygens (including phenoxy) is 1. The Hall–Kier alpha value is -1.33. The molecule has 0 radical (unpaired) electrons. The maximum atomic E-state index is 5.93. The van der Waals surface area contributed by atoms with Crippen molar-refractivity contribution < 1.29 is 4.74 Å². The molecule has 6 heteroatoms. The average molecular weight is 255 g/mol. The fourth-order valence-electron chi connectivity index (χ4n) is 1.97. The number of aromatic nitrogens is 3. The number of hydrogen-bond donors (Lipinski definition) is 1. The molecule has 0 spiro atoms. The van der Waals surface area contributed by atoms with Gasteiger partial charge in [0.2, 0.25) is 5.95 Å². The van der Waals surface area contributed by atoms with Crippen LogP contribution in [0.15, 0.2) is 12.3 Å². The van der Waals surface area contributed by atoms with E-state index < -0.39 is 0 Å². The van der Waals surface area contributed by atoms with Crippen molar-refractivity contribution in [1.29, 1.82) is 0 Å². The van der Waals surface area contributed by atoms with Gasteiger partial charge < -0.3 is 10.5 Å². The quantitative estimate of drug-likeness (QED) is 0.910. The van der Waals surface area contributed by atoms with Crippen LogP contribution in [0, 0.1) is 0 Å². The first-order valence-corrected chi connectivity index (χ1v) is 5.62. The van der Waals surface area contributed by atoms with Gasteiger partial charge in [0.25, 0.3) is 0 Å². The summed E-state index contributed by atoms with van der Waals surface area (Å²) in [6.07, 6.45) is 1.59. The number of methoxy groups -OCH3 is 1. The van der Waals surface area contributed by atoms with Gasteiger partial charge in [-0.3, -0.25) is 4.57 Å². The number of rotatable bonds is 3. The molecule has 2 N–H and O–H groups in total. The summed E-state index contributed by atoms with van der Waals surface area (Å²) in [6.45, 7) is 4.56. The van der Waals surface area contributed by atoms with Crippen LogP contribution in [0.25, 0.3) is 11.2 Å². The van der Waals surface area contributed by atoms with Gasteiger partial charge in [0.15, 0.2) is 5.65 Å². The number of anilines is 1.